The molecule has 4 heterocycles. The maximum absolute atomic E-state index is 14.2. The molecule has 34 heavy (non-hydrogen) atoms. The summed E-state index contributed by atoms with van der Waals surface area (Å²) < 4.78 is 26.5. The molecule has 0 unspecified atom stereocenters. The lowest BCUT2D eigenvalue weighted by Gasteiger charge is -2.26. The molecular weight excluding hydrogens is 441 g/mol. The average Bonchev–Trinajstić information content (AvgIpc) is 3.27. The van der Waals surface area contributed by atoms with Crippen LogP contribution in [0.2, 0.25) is 0 Å². The number of halogens is 1. The molecule has 3 aromatic rings. The lowest BCUT2D eigenvalue weighted by atomic mass is 10.0. The van der Waals surface area contributed by atoms with Crippen molar-refractivity contribution in [2.24, 2.45) is 0 Å². The number of amides is 1. The van der Waals surface area contributed by atoms with E-state index in [0.29, 0.717) is 35.9 Å². The average molecular weight is 472 g/mol. The van der Waals surface area contributed by atoms with Gasteiger partial charge in [-0.2, -0.15) is 5.10 Å². The maximum Gasteiger partial charge on any atom is 0.255 e. The van der Waals surface area contributed by atoms with Crippen LogP contribution >= 0.6 is 0 Å². The van der Waals surface area contributed by atoms with Crippen LogP contribution in [-0.4, -0.2) is 70.3 Å². The summed E-state index contributed by atoms with van der Waals surface area (Å²) >= 11 is 0. The zero-order chi connectivity index (χ0) is 24.3. The monoisotopic (exact) mass is 471 g/mol. The number of aliphatic hydroxyl groups is 1. The number of rotatable bonds is 8. The van der Waals surface area contributed by atoms with E-state index in [2.05, 4.69) is 20.7 Å². The maximum atomic E-state index is 14.2. The standard InChI is InChI=1S/C24H30FN5O4/c1-24(2,32)20(25)13-27-23(31)18-12-28-30-14-16(15-4-5-21(33-3)26-11-15)10-19(30)22(18)29-17-6-8-34-9-7-17/h4-5,10-12,14,17,20,29,32H,6-9,13H2,1-3H3,(H,27,31)/t20-/m1/s1. The first-order chi connectivity index (χ1) is 16.3. The molecule has 3 N–H and O–H groups in total. The Morgan fingerprint density at radius 1 is 1.32 bits per heavy atom. The molecule has 1 fully saturated rings. The van der Waals surface area contributed by atoms with Gasteiger partial charge in [-0.15, -0.1) is 0 Å². The van der Waals surface area contributed by atoms with E-state index in [1.807, 2.05) is 18.3 Å². The number of hydrogen-bond donors (Lipinski definition) is 3. The van der Waals surface area contributed by atoms with E-state index in [9.17, 15) is 14.3 Å². The van der Waals surface area contributed by atoms with Crippen LogP contribution in [0.3, 0.4) is 0 Å². The number of carbonyl (C=O) groups is 1. The zero-order valence-corrected chi connectivity index (χ0v) is 19.5. The molecule has 4 rings (SSSR count). The summed E-state index contributed by atoms with van der Waals surface area (Å²) in [6.07, 6.45) is 5.04. The predicted octanol–water partition coefficient (Wildman–Crippen LogP) is 2.83. The van der Waals surface area contributed by atoms with Crippen molar-refractivity contribution < 1.29 is 23.8 Å². The number of ether oxygens (including phenoxy) is 2. The van der Waals surface area contributed by atoms with Gasteiger partial charge in [0.05, 0.1) is 42.2 Å². The Morgan fingerprint density at radius 2 is 2.09 bits per heavy atom. The van der Waals surface area contributed by atoms with Gasteiger partial charge in [0.2, 0.25) is 5.88 Å². The third-order valence-corrected chi connectivity index (χ3v) is 5.94. The van der Waals surface area contributed by atoms with Gasteiger partial charge in [0.25, 0.3) is 5.91 Å². The molecule has 3 aromatic heterocycles. The van der Waals surface area contributed by atoms with Crippen molar-refractivity contribution in [3.8, 4) is 17.0 Å². The van der Waals surface area contributed by atoms with Crippen molar-refractivity contribution in [2.45, 2.75) is 44.5 Å². The molecule has 0 aromatic carbocycles. The van der Waals surface area contributed by atoms with Gasteiger partial charge in [-0.25, -0.2) is 13.9 Å². The van der Waals surface area contributed by atoms with Crippen LogP contribution in [0.25, 0.3) is 16.6 Å². The van der Waals surface area contributed by atoms with Crippen molar-refractivity contribution in [3.63, 3.8) is 0 Å². The summed E-state index contributed by atoms with van der Waals surface area (Å²) in [5, 5.41) is 20.3. The van der Waals surface area contributed by atoms with E-state index in [1.54, 1.807) is 23.9 Å². The van der Waals surface area contributed by atoms with Gasteiger partial charge in [0, 0.05) is 48.8 Å². The molecule has 0 radical (unpaired) electrons. The molecule has 1 aliphatic rings. The summed E-state index contributed by atoms with van der Waals surface area (Å²) in [5.41, 5.74) is 1.83. The van der Waals surface area contributed by atoms with E-state index in [-0.39, 0.29) is 12.6 Å². The van der Waals surface area contributed by atoms with Gasteiger partial charge in [0.15, 0.2) is 0 Å². The number of nitrogens with one attached hydrogen (secondary N) is 2. The molecule has 0 bridgehead atoms. The number of anilines is 1. The lowest BCUT2D eigenvalue weighted by Crippen LogP contribution is -2.42. The number of hydrogen-bond acceptors (Lipinski definition) is 7. The Hall–Kier alpha value is -3.24. The Labute approximate surface area is 197 Å². The van der Waals surface area contributed by atoms with Crippen LogP contribution in [-0.2, 0) is 4.74 Å². The zero-order valence-electron chi connectivity index (χ0n) is 19.5. The van der Waals surface area contributed by atoms with E-state index < -0.39 is 17.7 Å². The van der Waals surface area contributed by atoms with Crippen LogP contribution in [0.4, 0.5) is 10.1 Å². The lowest BCUT2D eigenvalue weighted by molar-refractivity contribution is -0.00177. The SMILES string of the molecule is COc1ccc(-c2cc3c(NC4CCOCC4)c(C(=O)NC[C@@H](F)C(C)(C)O)cnn3c2)cn1. The van der Waals surface area contributed by atoms with Gasteiger partial charge in [0.1, 0.15) is 6.17 Å². The van der Waals surface area contributed by atoms with Crippen molar-refractivity contribution >= 4 is 17.1 Å². The molecule has 0 spiro atoms. The van der Waals surface area contributed by atoms with Gasteiger partial charge in [-0.05, 0) is 38.8 Å². The van der Waals surface area contributed by atoms with Gasteiger partial charge < -0.3 is 25.2 Å². The summed E-state index contributed by atoms with van der Waals surface area (Å²) in [6.45, 7) is 3.70. The number of methoxy groups -OCH3 is 1. The first kappa shape index (κ1) is 23.9. The minimum absolute atomic E-state index is 0.123. The molecule has 0 aliphatic carbocycles. The van der Waals surface area contributed by atoms with Gasteiger partial charge in [-0.3, -0.25) is 4.79 Å². The number of alkyl halides is 1. The van der Waals surface area contributed by atoms with E-state index in [1.165, 1.54) is 20.0 Å². The number of pyridine rings is 1. The van der Waals surface area contributed by atoms with E-state index >= 15 is 0 Å². The molecule has 10 heteroatoms. The van der Waals surface area contributed by atoms with Crippen LogP contribution in [0.5, 0.6) is 5.88 Å². The third-order valence-electron chi connectivity index (χ3n) is 5.94. The summed E-state index contributed by atoms with van der Waals surface area (Å²) in [7, 11) is 1.56. The minimum Gasteiger partial charge on any atom is -0.481 e. The molecule has 9 nitrogen and oxygen atoms in total. The molecular formula is C24H30FN5O4. The summed E-state index contributed by atoms with van der Waals surface area (Å²) in [6, 6.07) is 5.74. The van der Waals surface area contributed by atoms with Crippen LogP contribution in [0, 0.1) is 0 Å². The Kier molecular flexibility index (Phi) is 6.99. The van der Waals surface area contributed by atoms with Crippen LogP contribution in [0.1, 0.15) is 37.0 Å². The highest BCUT2D eigenvalue weighted by molar-refractivity contribution is 6.03. The number of fused-ring (bicyclic) bond motifs is 1. The largest absolute Gasteiger partial charge is 0.481 e. The fourth-order valence-electron chi connectivity index (χ4n) is 3.78. The topological polar surface area (TPSA) is 110 Å². The highest BCUT2D eigenvalue weighted by Gasteiger charge is 2.28. The molecule has 1 saturated heterocycles. The van der Waals surface area contributed by atoms with Crippen molar-refractivity contribution in [3.05, 3.63) is 42.4 Å². The Morgan fingerprint density at radius 3 is 2.74 bits per heavy atom. The predicted molar refractivity (Wildman–Crippen MR) is 126 cm³/mol. The fourth-order valence-corrected chi connectivity index (χ4v) is 3.78. The first-order valence-corrected chi connectivity index (χ1v) is 11.3. The highest BCUT2D eigenvalue weighted by atomic mass is 19.1. The van der Waals surface area contributed by atoms with Gasteiger partial charge in [-0.1, -0.05) is 0 Å². The molecule has 1 amide bonds. The second kappa shape index (κ2) is 9.94. The second-order valence-electron chi connectivity index (χ2n) is 8.94. The van der Waals surface area contributed by atoms with E-state index in [4.69, 9.17) is 9.47 Å². The van der Waals surface area contributed by atoms with Crippen molar-refractivity contribution in [1.82, 2.24) is 19.9 Å². The number of carbonyl (C=O) groups excluding carboxylic acids is 1. The fraction of sp³-hybridized carbons (Fsp3) is 0.458. The smallest absolute Gasteiger partial charge is 0.255 e. The Bertz CT molecular complexity index is 1140. The summed E-state index contributed by atoms with van der Waals surface area (Å²) in [4.78, 5) is 17.3. The van der Waals surface area contributed by atoms with Crippen molar-refractivity contribution in [2.75, 3.05) is 32.2 Å². The quantitative estimate of drug-likeness (QED) is 0.463. The molecule has 1 aliphatic heterocycles. The molecule has 1 atom stereocenters. The number of aromatic nitrogens is 3. The third kappa shape index (κ3) is 5.28. The normalized spacial score (nSPS) is 15.8. The van der Waals surface area contributed by atoms with Crippen LogP contribution in [0.15, 0.2) is 36.8 Å². The second-order valence-corrected chi connectivity index (χ2v) is 8.94. The van der Waals surface area contributed by atoms with Crippen molar-refractivity contribution in [1.29, 1.82) is 0 Å². The minimum atomic E-state index is -1.61. The number of nitrogens with zero attached hydrogens (tertiary/aromatic N) is 3. The van der Waals surface area contributed by atoms with Crippen LogP contribution < -0.4 is 15.4 Å². The highest BCUT2D eigenvalue weighted by Crippen LogP contribution is 2.30. The van der Waals surface area contributed by atoms with Gasteiger partial charge >= 0.3 is 0 Å². The first-order valence-electron chi connectivity index (χ1n) is 11.3. The summed E-state index contributed by atoms with van der Waals surface area (Å²) in [5.74, 6) is 0.0500. The molecule has 182 valence electrons. The van der Waals surface area contributed by atoms with E-state index in [0.717, 1.165) is 24.0 Å². The Balaban J connectivity index is 1.68. The molecule has 0 saturated carbocycles.